The molecule has 0 aromatic carbocycles. The van der Waals surface area contributed by atoms with Crippen LogP contribution in [0.4, 0.5) is 0 Å². The van der Waals surface area contributed by atoms with E-state index in [1.807, 2.05) is 20.0 Å². The van der Waals surface area contributed by atoms with Gasteiger partial charge in [0.15, 0.2) is 0 Å². The zero-order valence-electron chi connectivity index (χ0n) is 7.95. The van der Waals surface area contributed by atoms with E-state index in [0.29, 0.717) is 0 Å². The zero-order valence-corrected chi connectivity index (χ0v) is 7.95. The number of carboxylic acids is 1. The molecule has 0 amide bonds. The molecule has 0 aliphatic carbocycles. The minimum atomic E-state index is -0.779. The number of aliphatic carboxylic acids is 1. The van der Waals surface area contributed by atoms with Crippen molar-refractivity contribution in [1.82, 2.24) is 4.90 Å². The smallest absolute Gasteiger partial charge is 0.310 e. The van der Waals surface area contributed by atoms with Crippen molar-refractivity contribution < 1.29 is 9.90 Å². The van der Waals surface area contributed by atoms with Gasteiger partial charge in [-0.25, -0.2) is 0 Å². The lowest BCUT2D eigenvalue weighted by atomic mass is 10.2. The van der Waals surface area contributed by atoms with Crippen LogP contribution in [0.2, 0.25) is 0 Å². The predicted molar refractivity (Wildman–Crippen MR) is 48.9 cm³/mol. The second-order valence-corrected chi connectivity index (χ2v) is 2.69. The van der Waals surface area contributed by atoms with Crippen LogP contribution in [0.3, 0.4) is 0 Å². The van der Waals surface area contributed by atoms with Gasteiger partial charge in [0.1, 0.15) is 0 Å². The number of carboxylic acid groups (broad SMARTS) is 1. The molecule has 0 saturated heterocycles. The molecule has 1 atom stereocenters. The van der Waals surface area contributed by atoms with Crippen LogP contribution in [0.15, 0.2) is 12.3 Å². The Hall–Kier alpha value is -0.990. The fourth-order valence-corrected chi connectivity index (χ4v) is 0.768. The minimum absolute atomic E-state index is 0.398. The quantitative estimate of drug-likeness (QED) is 0.682. The van der Waals surface area contributed by atoms with E-state index in [1.54, 1.807) is 13.0 Å². The monoisotopic (exact) mass is 171 g/mol. The molecule has 0 heterocycles. The minimum Gasteiger partial charge on any atom is -0.481 e. The number of hydrogen-bond donors (Lipinski definition) is 1. The molecule has 0 radical (unpaired) electrons. The maximum atomic E-state index is 10.4. The number of rotatable bonds is 5. The van der Waals surface area contributed by atoms with Gasteiger partial charge in [0.2, 0.25) is 0 Å². The summed E-state index contributed by atoms with van der Waals surface area (Å²) in [6.07, 6.45) is 3.55. The molecule has 0 saturated carbocycles. The molecular formula is C9H17NO2. The fraction of sp³-hybridized carbons (Fsp3) is 0.667. The Labute approximate surface area is 73.7 Å². The Balaban J connectivity index is 3.94. The van der Waals surface area contributed by atoms with E-state index >= 15 is 0 Å². The maximum absolute atomic E-state index is 10.4. The molecule has 0 aromatic rings. The first kappa shape index (κ1) is 11.0. The number of carbonyl (C=O) groups is 1. The second kappa shape index (κ2) is 5.63. The molecule has 0 spiro atoms. The lowest BCUT2D eigenvalue weighted by molar-refractivity contribution is -0.139. The van der Waals surface area contributed by atoms with Crippen molar-refractivity contribution in [2.75, 3.05) is 13.1 Å². The first-order valence-corrected chi connectivity index (χ1v) is 4.27. The molecule has 0 aliphatic heterocycles. The summed E-state index contributed by atoms with van der Waals surface area (Å²) >= 11 is 0. The summed E-state index contributed by atoms with van der Waals surface area (Å²) in [6, 6.07) is 0. The summed E-state index contributed by atoms with van der Waals surface area (Å²) in [5.41, 5.74) is 0. The van der Waals surface area contributed by atoms with Crippen molar-refractivity contribution in [2.24, 2.45) is 5.92 Å². The highest BCUT2D eigenvalue weighted by Gasteiger charge is 2.05. The lowest BCUT2D eigenvalue weighted by Crippen LogP contribution is -2.16. The zero-order chi connectivity index (χ0) is 9.56. The molecule has 0 aromatic heterocycles. The Morgan fingerprint density at radius 3 is 2.33 bits per heavy atom. The van der Waals surface area contributed by atoms with Gasteiger partial charge in [0.25, 0.3) is 0 Å². The van der Waals surface area contributed by atoms with E-state index in [0.717, 1.165) is 13.1 Å². The van der Waals surface area contributed by atoms with E-state index in [4.69, 9.17) is 5.11 Å². The summed E-state index contributed by atoms with van der Waals surface area (Å²) < 4.78 is 0. The van der Waals surface area contributed by atoms with Crippen LogP contribution < -0.4 is 0 Å². The van der Waals surface area contributed by atoms with Crippen molar-refractivity contribution >= 4 is 5.97 Å². The first-order chi connectivity index (χ1) is 5.61. The van der Waals surface area contributed by atoms with E-state index in [9.17, 15) is 4.79 Å². The van der Waals surface area contributed by atoms with Gasteiger partial charge in [-0.2, -0.15) is 0 Å². The van der Waals surface area contributed by atoms with Crippen molar-refractivity contribution in [3.63, 3.8) is 0 Å². The van der Waals surface area contributed by atoms with Gasteiger partial charge in [-0.1, -0.05) is 6.08 Å². The average molecular weight is 171 g/mol. The molecule has 12 heavy (non-hydrogen) atoms. The molecule has 0 fully saturated rings. The molecule has 0 aliphatic rings. The second-order valence-electron chi connectivity index (χ2n) is 2.69. The normalized spacial score (nSPS) is 13.2. The lowest BCUT2D eigenvalue weighted by Gasteiger charge is -2.15. The molecule has 0 rings (SSSR count). The van der Waals surface area contributed by atoms with Crippen molar-refractivity contribution in [2.45, 2.75) is 20.8 Å². The summed E-state index contributed by atoms with van der Waals surface area (Å²) in [4.78, 5) is 12.5. The van der Waals surface area contributed by atoms with Crippen LogP contribution in [0.5, 0.6) is 0 Å². The number of hydrogen-bond acceptors (Lipinski definition) is 2. The largest absolute Gasteiger partial charge is 0.481 e. The third kappa shape index (κ3) is 4.01. The summed E-state index contributed by atoms with van der Waals surface area (Å²) in [5.74, 6) is -1.18. The van der Waals surface area contributed by atoms with Crippen LogP contribution in [-0.2, 0) is 4.79 Å². The Bertz CT molecular complexity index is 162. The van der Waals surface area contributed by atoms with Crippen LogP contribution >= 0.6 is 0 Å². The van der Waals surface area contributed by atoms with Gasteiger partial charge in [-0.05, 0) is 27.0 Å². The van der Waals surface area contributed by atoms with Crippen LogP contribution in [-0.4, -0.2) is 29.1 Å². The van der Waals surface area contributed by atoms with Crippen molar-refractivity contribution in [1.29, 1.82) is 0 Å². The standard InChI is InChI=1S/C9H17NO2/c1-4-10(5-2)7-6-8(3)9(11)12/h6-8H,4-5H2,1-3H3,(H,11,12)/t8-/m1/s1. The summed E-state index contributed by atoms with van der Waals surface area (Å²) in [7, 11) is 0. The molecular weight excluding hydrogens is 154 g/mol. The van der Waals surface area contributed by atoms with Gasteiger partial charge in [0, 0.05) is 13.1 Å². The number of nitrogens with zero attached hydrogens (tertiary/aromatic N) is 1. The van der Waals surface area contributed by atoms with Crippen LogP contribution in [0, 0.1) is 5.92 Å². The molecule has 1 N–H and O–H groups in total. The predicted octanol–water partition coefficient (Wildman–Crippen LogP) is 1.56. The molecule has 0 unspecified atom stereocenters. The maximum Gasteiger partial charge on any atom is 0.310 e. The van der Waals surface area contributed by atoms with Crippen molar-refractivity contribution in [3.05, 3.63) is 12.3 Å². The molecule has 0 bridgehead atoms. The van der Waals surface area contributed by atoms with E-state index in [1.165, 1.54) is 0 Å². The van der Waals surface area contributed by atoms with Gasteiger partial charge in [-0.15, -0.1) is 0 Å². The van der Waals surface area contributed by atoms with Crippen molar-refractivity contribution in [3.8, 4) is 0 Å². The first-order valence-electron chi connectivity index (χ1n) is 4.27. The molecule has 3 heteroatoms. The highest BCUT2D eigenvalue weighted by Crippen LogP contribution is 1.98. The van der Waals surface area contributed by atoms with Gasteiger partial charge in [-0.3, -0.25) is 4.79 Å². The van der Waals surface area contributed by atoms with Crippen LogP contribution in [0.25, 0.3) is 0 Å². The fourth-order valence-electron chi connectivity index (χ4n) is 0.768. The molecule has 70 valence electrons. The summed E-state index contributed by atoms with van der Waals surface area (Å²) in [5, 5.41) is 8.57. The summed E-state index contributed by atoms with van der Waals surface area (Å²) in [6.45, 7) is 7.58. The van der Waals surface area contributed by atoms with E-state index in [-0.39, 0.29) is 0 Å². The topological polar surface area (TPSA) is 40.5 Å². The Kier molecular flexibility index (Phi) is 5.17. The third-order valence-electron chi connectivity index (χ3n) is 1.79. The average Bonchev–Trinajstić information content (AvgIpc) is 2.05. The highest BCUT2D eigenvalue weighted by atomic mass is 16.4. The van der Waals surface area contributed by atoms with Gasteiger partial charge in [0.05, 0.1) is 5.92 Å². The van der Waals surface area contributed by atoms with Gasteiger partial charge < -0.3 is 10.0 Å². The highest BCUT2D eigenvalue weighted by molar-refractivity contribution is 5.71. The third-order valence-corrected chi connectivity index (χ3v) is 1.79. The van der Waals surface area contributed by atoms with E-state index < -0.39 is 11.9 Å². The van der Waals surface area contributed by atoms with E-state index in [2.05, 4.69) is 4.90 Å². The van der Waals surface area contributed by atoms with Gasteiger partial charge >= 0.3 is 5.97 Å². The Morgan fingerprint density at radius 1 is 1.50 bits per heavy atom. The Morgan fingerprint density at radius 2 is 2.00 bits per heavy atom. The molecule has 3 nitrogen and oxygen atoms in total. The van der Waals surface area contributed by atoms with Crippen LogP contribution in [0.1, 0.15) is 20.8 Å². The SMILES string of the molecule is CCN(C=C[C@@H](C)C(=O)O)CC.